The van der Waals surface area contributed by atoms with E-state index in [0.717, 1.165) is 16.5 Å². The maximum Gasteiger partial charge on any atom is 0.274 e. The fraction of sp³-hybridized carbons (Fsp3) is 0.143. The molecule has 8 nitrogen and oxygen atoms in total. The number of carbonyl (C=O) groups excluding carboxylic acids is 1. The Hall–Kier alpha value is -3.49. The van der Waals surface area contributed by atoms with E-state index < -0.39 is 0 Å². The SMILES string of the molecule is Nc1nc(-c2ccccc2)c(-c2cc(Cl)c3[nH]ncc3c2)nc1C(=O)NC1COC1. The number of benzene rings is 2. The molecule has 1 saturated heterocycles. The molecule has 1 amide bonds. The fourth-order valence-corrected chi connectivity index (χ4v) is 3.61. The number of aromatic amines is 1. The molecule has 30 heavy (non-hydrogen) atoms. The zero-order valence-electron chi connectivity index (χ0n) is 15.7. The van der Waals surface area contributed by atoms with E-state index >= 15 is 0 Å². The normalized spacial score (nSPS) is 13.9. The third-order valence-corrected chi connectivity index (χ3v) is 5.23. The van der Waals surface area contributed by atoms with Crippen LogP contribution >= 0.6 is 11.6 Å². The Kier molecular flexibility index (Phi) is 4.57. The zero-order chi connectivity index (χ0) is 20.7. The molecular formula is C21H17ClN6O2. The third kappa shape index (κ3) is 3.26. The average molecular weight is 421 g/mol. The van der Waals surface area contributed by atoms with E-state index in [1.165, 1.54) is 0 Å². The van der Waals surface area contributed by atoms with Crippen molar-refractivity contribution < 1.29 is 9.53 Å². The predicted molar refractivity (Wildman–Crippen MR) is 114 cm³/mol. The molecule has 0 aliphatic carbocycles. The van der Waals surface area contributed by atoms with Crippen LogP contribution in [0.15, 0.2) is 48.7 Å². The molecule has 0 radical (unpaired) electrons. The molecule has 1 aliphatic heterocycles. The van der Waals surface area contributed by atoms with E-state index in [2.05, 4.69) is 25.5 Å². The summed E-state index contributed by atoms with van der Waals surface area (Å²) in [6, 6.07) is 13.2. The highest BCUT2D eigenvalue weighted by molar-refractivity contribution is 6.35. The van der Waals surface area contributed by atoms with Gasteiger partial charge in [-0.15, -0.1) is 0 Å². The van der Waals surface area contributed by atoms with Crippen LogP contribution in [0.3, 0.4) is 0 Å². The molecule has 2 aromatic heterocycles. The van der Waals surface area contributed by atoms with Gasteiger partial charge in [0, 0.05) is 16.5 Å². The molecule has 0 atom stereocenters. The lowest BCUT2D eigenvalue weighted by molar-refractivity contribution is -0.00353. The van der Waals surface area contributed by atoms with Crippen LogP contribution in [0.25, 0.3) is 33.4 Å². The van der Waals surface area contributed by atoms with Gasteiger partial charge in [0.25, 0.3) is 5.91 Å². The molecule has 0 spiro atoms. The number of aromatic nitrogens is 4. The van der Waals surface area contributed by atoms with E-state index in [1.807, 2.05) is 36.4 Å². The molecule has 150 valence electrons. The van der Waals surface area contributed by atoms with Gasteiger partial charge < -0.3 is 15.8 Å². The number of anilines is 1. The summed E-state index contributed by atoms with van der Waals surface area (Å²) in [5.74, 6) is -0.324. The minimum Gasteiger partial charge on any atom is -0.382 e. The first-order valence-electron chi connectivity index (χ1n) is 9.34. The van der Waals surface area contributed by atoms with Crippen molar-refractivity contribution in [3.05, 3.63) is 59.4 Å². The highest BCUT2D eigenvalue weighted by Crippen LogP contribution is 2.34. The van der Waals surface area contributed by atoms with Gasteiger partial charge in [0.05, 0.1) is 47.4 Å². The van der Waals surface area contributed by atoms with E-state index in [1.54, 1.807) is 12.3 Å². The fourth-order valence-electron chi connectivity index (χ4n) is 3.34. The predicted octanol–water partition coefficient (Wildman–Crippen LogP) is 3.05. The van der Waals surface area contributed by atoms with Crippen LogP contribution in [-0.2, 0) is 4.74 Å². The second-order valence-electron chi connectivity index (χ2n) is 7.02. The number of nitrogens with zero attached hydrogens (tertiary/aromatic N) is 3. The number of H-pyrrole nitrogens is 1. The molecular weight excluding hydrogens is 404 g/mol. The largest absolute Gasteiger partial charge is 0.382 e. The maximum atomic E-state index is 12.7. The van der Waals surface area contributed by atoms with Crippen LogP contribution < -0.4 is 11.1 Å². The van der Waals surface area contributed by atoms with Crippen molar-refractivity contribution in [1.29, 1.82) is 0 Å². The number of nitrogens with two attached hydrogens (primary N) is 1. The molecule has 0 unspecified atom stereocenters. The second-order valence-corrected chi connectivity index (χ2v) is 7.43. The van der Waals surface area contributed by atoms with E-state index in [9.17, 15) is 4.79 Å². The van der Waals surface area contributed by atoms with Crippen LogP contribution in [0.2, 0.25) is 5.02 Å². The molecule has 1 fully saturated rings. The summed E-state index contributed by atoms with van der Waals surface area (Å²) < 4.78 is 5.11. The average Bonchev–Trinajstić information content (AvgIpc) is 3.20. The summed E-state index contributed by atoms with van der Waals surface area (Å²) in [6.45, 7) is 0.946. The first-order chi connectivity index (χ1) is 14.6. The molecule has 2 aromatic carbocycles. The van der Waals surface area contributed by atoms with Gasteiger partial charge in [-0.1, -0.05) is 41.9 Å². The van der Waals surface area contributed by atoms with Gasteiger partial charge in [0.2, 0.25) is 0 Å². The van der Waals surface area contributed by atoms with Crippen molar-refractivity contribution >= 4 is 34.2 Å². The van der Waals surface area contributed by atoms with E-state index in [4.69, 9.17) is 22.1 Å². The molecule has 0 saturated carbocycles. The van der Waals surface area contributed by atoms with Gasteiger partial charge in [-0.2, -0.15) is 5.10 Å². The molecule has 0 bridgehead atoms. The molecule has 4 N–H and O–H groups in total. The number of amides is 1. The van der Waals surface area contributed by atoms with Gasteiger partial charge in [-0.05, 0) is 12.1 Å². The number of carbonyl (C=O) groups is 1. The Morgan fingerprint density at radius 3 is 2.63 bits per heavy atom. The summed E-state index contributed by atoms with van der Waals surface area (Å²) in [7, 11) is 0. The number of fused-ring (bicyclic) bond motifs is 1. The van der Waals surface area contributed by atoms with Crippen LogP contribution in [0.4, 0.5) is 5.82 Å². The first kappa shape index (κ1) is 18.5. The molecule has 5 rings (SSSR count). The summed E-state index contributed by atoms with van der Waals surface area (Å²) in [5, 5.41) is 11.1. The standard InChI is InChI=1S/C21H17ClN6O2/c22-15-7-12(6-13-8-24-28-16(13)15)18-17(11-4-2-1-3-5-11)27-20(23)19(26-18)21(29)25-14-9-30-10-14/h1-8,14H,9-10H2,(H2,23,27)(H,24,28)(H,25,29). The van der Waals surface area contributed by atoms with Gasteiger partial charge in [-0.3, -0.25) is 9.89 Å². The lowest BCUT2D eigenvalue weighted by atomic mass is 10.0. The quantitative estimate of drug-likeness (QED) is 0.467. The topological polar surface area (TPSA) is 119 Å². The summed E-state index contributed by atoms with van der Waals surface area (Å²) in [6.07, 6.45) is 1.68. The van der Waals surface area contributed by atoms with Crippen molar-refractivity contribution in [3.8, 4) is 22.5 Å². The maximum absolute atomic E-state index is 12.7. The minimum absolute atomic E-state index is 0.0484. The zero-order valence-corrected chi connectivity index (χ0v) is 16.5. The number of halogens is 1. The third-order valence-electron chi connectivity index (χ3n) is 4.93. The minimum atomic E-state index is -0.385. The van der Waals surface area contributed by atoms with E-state index in [-0.39, 0.29) is 23.5 Å². The Labute approximate surface area is 176 Å². The van der Waals surface area contributed by atoms with Crippen LogP contribution in [0, 0.1) is 0 Å². The lowest BCUT2D eigenvalue weighted by Gasteiger charge is -2.26. The van der Waals surface area contributed by atoms with Gasteiger partial charge in [0.15, 0.2) is 11.5 Å². The Morgan fingerprint density at radius 1 is 1.13 bits per heavy atom. The number of hydrogen-bond donors (Lipinski definition) is 3. The number of ether oxygens (including phenoxy) is 1. The number of nitrogen functional groups attached to an aromatic ring is 1. The van der Waals surface area contributed by atoms with Crippen LogP contribution in [0.1, 0.15) is 10.5 Å². The molecule has 4 aromatic rings. The molecule has 9 heteroatoms. The summed E-state index contributed by atoms with van der Waals surface area (Å²) >= 11 is 6.44. The van der Waals surface area contributed by atoms with Gasteiger partial charge in [0.1, 0.15) is 0 Å². The Balaban J connectivity index is 1.68. The Morgan fingerprint density at radius 2 is 1.90 bits per heavy atom. The summed E-state index contributed by atoms with van der Waals surface area (Å²) in [5.41, 5.74) is 9.55. The van der Waals surface area contributed by atoms with E-state index in [0.29, 0.717) is 35.2 Å². The number of nitrogens with one attached hydrogen (secondary N) is 2. The number of hydrogen-bond acceptors (Lipinski definition) is 6. The van der Waals surface area contributed by atoms with Crippen molar-refractivity contribution in [3.63, 3.8) is 0 Å². The summed E-state index contributed by atoms with van der Waals surface area (Å²) in [4.78, 5) is 21.9. The molecule has 1 aliphatic rings. The smallest absolute Gasteiger partial charge is 0.274 e. The second kappa shape index (κ2) is 7.40. The van der Waals surface area contributed by atoms with Crippen molar-refractivity contribution in [2.24, 2.45) is 0 Å². The lowest BCUT2D eigenvalue weighted by Crippen LogP contribution is -2.48. The van der Waals surface area contributed by atoms with Crippen LogP contribution in [0.5, 0.6) is 0 Å². The number of rotatable bonds is 4. The molecule has 3 heterocycles. The van der Waals surface area contributed by atoms with Crippen LogP contribution in [-0.4, -0.2) is 45.3 Å². The van der Waals surface area contributed by atoms with Gasteiger partial charge in [-0.25, -0.2) is 9.97 Å². The highest BCUT2D eigenvalue weighted by atomic mass is 35.5. The highest BCUT2D eigenvalue weighted by Gasteiger charge is 2.25. The van der Waals surface area contributed by atoms with Crippen molar-refractivity contribution in [1.82, 2.24) is 25.5 Å². The van der Waals surface area contributed by atoms with Crippen molar-refractivity contribution in [2.45, 2.75) is 6.04 Å². The monoisotopic (exact) mass is 420 g/mol. The van der Waals surface area contributed by atoms with Crippen molar-refractivity contribution in [2.75, 3.05) is 18.9 Å². The van der Waals surface area contributed by atoms with Gasteiger partial charge >= 0.3 is 0 Å². The Bertz CT molecular complexity index is 1250. The first-order valence-corrected chi connectivity index (χ1v) is 9.72.